The molecule has 0 unspecified atom stereocenters. The zero-order valence-electron chi connectivity index (χ0n) is 24.0. The fourth-order valence-electron chi connectivity index (χ4n) is 4.41. The van der Waals surface area contributed by atoms with Gasteiger partial charge in [0.15, 0.2) is 0 Å². The minimum atomic E-state index is -3.86. The monoisotopic (exact) mass is 617 g/mol. The van der Waals surface area contributed by atoms with Gasteiger partial charge in [-0.1, -0.05) is 78.7 Å². The molecule has 10 heteroatoms. The van der Waals surface area contributed by atoms with Gasteiger partial charge in [0.1, 0.15) is 12.6 Å². The number of sulfonamides is 1. The molecule has 0 spiro atoms. The van der Waals surface area contributed by atoms with Crippen LogP contribution in [0.3, 0.4) is 0 Å². The van der Waals surface area contributed by atoms with Gasteiger partial charge in [0.05, 0.1) is 11.9 Å². The first-order valence-electron chi connectivity index (χ1n) is 13.4. The highest BCUT2D eigenvalue weighted by Gasteiger charge is 2.34. The molecule has 2 atom stereocenters. The lowest BCUT2D eigenvalue weighted by atomic mass is 10.0. The van der Waals surface area contributed by atoms with Gasteiger partial charge in [-0.25, -0.2) is 8.42 Å². The van der Waals surface area contributed by atoms with Crippen molar-refractivity contribution >= 4 is 50.7 Å². The fourth-order valence-corrected chi connectivity index (χ4v) is 5.78. The number of anilines is 1. The number of hydrogen-bond acceptors (Lipinski definition) is 4. The zero-order chi connectivity index (χ0) is 30.3. The molecule has 1 N–H and O–H groups in total. The fraction of sp³-hybridized carbons (Fsp3) is 0.355. The summed E-state index contributed by atoms with van der Waals surface area (Å²) in [5.74, 6) is -0.873. The zero-order valence-corrected chi connectivity index (χ0v) is 26.4. The van der Waals surface area contributed by atoms with Crippen molar-refractivity contribution < 1.29 is 18.0 Å². The molecule has 41 heavy (non-hydrogen) atoms. The lowest BCUT2D eigenvalue weighted by Crippen LogP contribution is -2.54. The summed E-state index contributed by atoms with van der Waals surface area (Å²) >= 11 is 12.6. The van der Waals surface area contributed by atoms with Crippen LogP contribution < -0.4 is 9.62 Å². The second-order valence-electron chi connectivity index (χ2n) is 10.3. The van der Waals surface area contributed by atoms with Crippen molar-refractivity contribution in [1.82, 2.24) is 10.2 Å². The van der Waals surface area contributed by atoms with Crippen LogP contribution in [-0.2, 0) is 32.6 Å². The molecule has 0 radical (unpaired) electrons. The minimum absolute atomic E-state index is 0.0232. The van der Waals surface area contributed by atoms with E-state index in [9.17, 15) is 18.0 Å². The minimum Gasteiger partial charge on any atom is -0.352 e. The number of rotatable bonds is 12. The third-order valence-corrected chi connectivity index (χ3v) is 8.65. The molecule has 0 aliphatic carbocycles. The number of carbonyl (C=O) groups excluding carboxylic acids is 2. The van der Waals surface area contributed by atoms with Crippen molar-refractivity contribution in [2.75, 3.05) is 17.1 Å². The maximum atomic E-state index is 14.2. The number of benzene rings is 3. The maximum absolute atomic E-state index is 14.2. The number of carbonyl (C=O) groups is 2. The molecular weight excluding hydrogens is 581 g/mol. The van der Waals surface area contributed by atoms with Gasteiger partial charge >= 0.3 is 0 Å². The van der Waals surface area contributed by atoms with Crippen LogP contribution in [0, 0.1) is 13.8 Å². The third-order valence-electron chi connectivity index (χ3n) is 6.94. The lowest BCUT2D eigenvalue weighted by molar-refractivity contribution is -0.140. The molecule has 0 aromatic heterocycles. The van der Waals surface area contributed by atoms with Crippen LogP contribution in [0.25, 0.3) is 0 Å². The van der Waals surface area contributed by atoms with E-state index in [0.717, 1.165) is 21.7 Å². The number of nitrogens with one attached hydrogen (secondary N) is 1. The highest BCUT2D eigenvalue weighted by Crippen LogP contribution is 2.27. The van der Waals surface area contributed by atoms with Crippen molar-refractivity contribution in [3.63, 3.8) is 0 Å². The summed E-state index contributed by atoms with van der Waals surface area (Å²) in [6, 6.07) is 18.7. The second kappa shape index (κ2) is 14.2. The summed E-state index contributed by atoms with van der Waals surface area (Å²) in [7, 11) is -3.86. The van der Waals surface area contributed by atoms with E-state index in [0.29, 0.717) is 33.3 Å². The summed E-state index contributed by atoms with van der Waals surface area (Å²) in [6.45, 7) is 6.99. The Kier molecular flexibility index (Phi) is 11.2. The molecule has 220 valence electrons. The van der Waals surface area contributed by atoms with Crippen molar-refractivity contribution in [2.24, 2.45) is 0 Å². The number of hydrogen-bond donors (Lipinski definition) is 1. The molecule has 0 fully saturated rings. The molecule has 7 nitrogen and oxygen atoms in total. The molecule has 0 aliphatic heterocycles. The molecule has 0 saturated carbocycles. The van der Waals surface area contributed by atoms with Gasteiger partial charge in [-0.15, -0.1) is 0 Å². The van der Waals surface area contributed by atoms with E-state index in [2.05, 4.69) is 5.32 Å². The van der Waals surface area contributed by atoms with E-state index in [1.165, 1.54) is 4.90 Å². The molecule has 2 amide bonds. The highest BCUT2D eigenvalue weighted by atomic mass is 35.5. The molecule has 0 bridgehead atoms. The van der Waals surface area contributed by atoms with E-state index >= 15 is 0 Å². The summed E-state index contributed by atoms with van der Waals surface area (Å²) < 4.78 is 27.1. The van der Waals surface area contributed by atoms with Crippen LogP contribution in [0.15, 0.2) is 66.7 Å². The Bertz CT molecular complexity index is 1480. The quantitative estimate of drug-likeness (QED) is 0.273. The Balaban J connectivity index is 2.12. The maximum Gasteiger partial charge on any atom is 0.244 e. The van der Waals surface area contributed by atoms with Gasteiger partial charge in [-0.2, -0.15) is 0 Å². The first-order valence-corrected chi connectivity index (χ1v) is 16.0. The van der Waals surface area contributed by atoms with Crippen LogP contribution in [-0.4, -0.2) is 50.0 Å². The van der Waals surface area contributed by atoms with E-state index in [-0.39, 0.29) is 24.9 Å². The van der Waals surface area contributed by atoms with Crippen molar-refractivity contribution in [2.45, 2.75) is 59.2 Å². The average Bonchev–Trinajstić information content (AvgIpc) is 2.91. The smallest absolute Gasteiger partial charge is 0.244 e. The van der Waals surface area contributed by atoms with Crippen LogP contribution in [0.5, 0.6) is 0 Å². The Hall–Kier alpha value is -3.07. The van der Waals surface area contributed by atoms with Crippen molar-refractivity contribution in [3.05, 3.63) is 99.0 Å². The first-order chi connectivity index (χ1) is 19.3. The van der Waals surface area contributed by atoms with Crippen LogP contribution in [0.4, 0.5) is 5.69 Å². The van der Waals surface area contributed by atoms with Crippen molar-refractivity contribution in [1.29, 1.82) is 0 Å². The Labute approximate surface area is 253 Å². The Morgan fingerprint density at radius 3 is 2.27 bits per heavy atom. The first kappa shape index (κ1) is 32.4. The van der Waals surface area contributed by atoms with E-state index in [4.69, 9.17) is 23.2 Å². The number of aryl methyl sites for hydroxylation is 2. The van der Waals surface area contributed by atoms with Gasteiger partial charge < -0.3 is 10.2 Å². The molecule has 0 heterocycles. The number of nitrogens with zero attached hydrogens (tertiary/aromatic N) is 2. The molecule has 3 rings (SSSR count). The van der Waals surface area contributed by atoms with E-state index in [1.54, 1.807) is 31.2 Å². The molecule has 3 aromatic rings. The molecular formula is C31H37Cl2N3O4S. The summed E-state index contributed by atoms with van der Waals surface area (Å²) in [4.78, 5) is 29.4. The van der Waals surface area contributed by atoms with Gasteiger partial charge in [0.25, 0.3) is 0 Å². The lowest BCUT2D eigenvalue weighted by Gasteiger charge is -2.34. The van der Waals surface area contributed by atoms with Crippen LogP contribution in [0.2, 0.25) is 10.0 Å². The van der Waals surface area contributed by atoms with Gasteiger partial charge in [-0.05, 0) is 67.6 Å². The van der Waals surface area contributed by atoms with Crippen LogP contribution in [0.1, 0.15) is 42.5 Å². The van der Waals surface area contributed by atoms with Gasteiger partial charge in [0, 0.05) is 29.1 Å². The SMILES string of the molecule is CC[C@H](C)NC(=O)[C@@H](Cc1ccccc1)N(Cc1ccc(Cl)cc1Cl)C(=O)CN(c1cc(C)ccc1C)S(C)(=O)=O. The largest absolute Gasteiger partial charge is 0.352 e. The number of amides is 2. The van der Waals surface area contributed by atoms with Gasteiger partial charge in [0.2, 0.25) is 21.8 Å². The number of halogens is 2. The summed E-state index contributed by atoms with van der Waals surface area (Å²) in [5, 5.41) is 3.78. The Morgan fingerprint density at radius 2 is 1.66 bits per heavy atom. The predicted octanol–water partition coefficient (Wildman–Crippen LogP) is 5.93. The van der Waals surface area contributed by atoms with E-state index < -0.39 is 28.5 Å². The summed E-state index contributed by atoms with van der Waals surface area (Å²) in [5.41, 5.74) is 3.40. The second-order valence-corrected chi connectivity index (χ2v) is 13.1. The highest BCUT2D eigenvalue weighted by molar-refractivity contribution is 7.92. The molecule has 0 saturated heterocycles. The topological polar surface area (TPSA) is 86.8 Å². The summed E-state index contributed by atoms with van der Waals surface area (Å²) in [6.07, 6.45) is 2.00. The molecule has 0 aliphatic rings. The standard InChI is InChI=1S/C31H37Cl2N3O4S/c1-6-23(4)34-31(38)29(17-24-10-8-7-9-11-24)35(19-25-14-15-26(32)18-27(25)33)30(37)20-36(41(5,39)40)28-16-21(2)12-13-22(28)3/h7-16,18,23,29H,6,17,19-20H2,1-5H3,(H,34,38)/t23-,29+/m0/s1. The van der Waals surface area contributed by atoms with Crippen LogP contribution >= 0.6 is 23.2 Å². The third kappa shape index (κ3) is 8.96. The van der Waals surface area contributed by atoms with E-state index in [1.807, 2.05) is 63.2 Å². The Morgan fingerprint density at radius 1 is 0.976 bits per heavy atom. The van der Waals surface area contributed by atoms with Crippen molar-refractivity contribution in [3.8, 4) is 0 Å². The normalized spacial score (nSPS) is 12.9. The van der Waals surface area contributed by atoms with Gasteiger partial charge in [-0.3, -0.25) is 13.9 Å². The average molecular weight is 619 g/mol. The predicted molar refractivity (Wildman–Crippen MR) is 167 cm³/mol. The molecule has 3 aromatic carbocycles.